The van der Waals surface area contributed by atoms with Crippen LogP contribution < -0.4 is 11.3 Å². The van der Waals surface area contributed by atoms with Crippen molar-refractivity contribution in [3.05, 3.63) is 25.6 Å². The molecule has 0 bridgehead atoms. The normalized spacial score (nSPS) is 10.8. The number of nitrogens with one attached hydrogen (secondary N) is 1. The minimum Gasteiger partial charge on any atom is -0.448 e. The zero-order valence-electron chi connectivity index (χ0n) is 10.5. The fourth-order valence-corrected chi connectivity index (χ4v) is 3.20. The molecule has 0 fully saturated rings. The Hall–Kier alpha value is -1.67. The first-order chi connectivity index (χ1) is 8.91. The van der Waals surface area contributed by atoms with Crippen LogP contribution in [0.15, 0.2) is 4.79 Å². The van der Waals surface area contributed by atoms with Gasteiger partial charge in [-0.15, -0.1) is 11.3 Å². The van der Waals surface area contributed by atoms with Crippen molar-refractivity contribution in [3.63, 3.8) is 0 Å². The largest absolute Gasteiger partial charge is 0.448 e. The summed E-state index contributed by atoms with van der Waals surface area (Å²) in [5.74, 6) is 0. The molecule has 0 radical (unpaired) electrons. The predicted molar refractivity (Wildman–Crippen MR) is 76.3 cm³/mol. The number of fused-ring (bicyclic) bond motifs is 1. The number of aromatic amines is 1. The van der Waals surface area contributed by atoms with Crippen molar-refractivity contribution in [2.75, 3.05) is 6.61 Å². The van der Waals surface area contributed by atoms with Crippen molar-refractivity contribution in [1.29, 1.82) is 0 Å². The Kier molecular flexibility index (Phi) is 3.72. The van der Waals surface area contributed by atoms with Crippen LogP contribution in [0.1, 0.15) is 10.4 Å². The fourth-order valence-electron chi connectivity index (χ4n) is 1.80. The number of aryl methyl sites for hydroxylation is 2. The van der Waals surface area contributed by atoms with Gasteiger partial charge in [0, 0.05) is 4.88 Å². The van der Waals surface area contributed by atoms with Gasteiger partial charge >= 0.3 is 6.09 Å². The Bertz CT molecular complexity index is 757. The van der Waals surface area contributed by atoms with Gasteiger partial charge in [0.15, 0.2) is 4.77 Å². The van der Waals surface area contributed by atoms with E-state index in [1.165, 1.54) is 15.9 Å². The molecule has 2 rings (SSSR count). The molecule has 0 atom stereocenters. The molecule has 0 aliphatic rings. The van der Waals surface area contributed by atoms with E-state index in [0.717, 1.165) is 15.3 Å². The molecule has 0 saturated heterocycles. The number of hydrogen-bond acceptors (Lipinski definition) is 5. The molecule has 2 aromatic heterocycles. The lowest BCUT2D eigenvalue weighted by Crippen LogP contribution is -2.26. The second kappa shape index (κ2) is 5.14. The number of primary amides is 1. The first-order valence-corrected chi connectivity index (χ1v) is 6.79. The molecule has 0 unspecified atom stereocenters. The lowest BCUT2D eigenvalue weighted by molar-refractivity contribution is 0.151. The van der Waals surface area contributed by atoms with Crippen molar-refractivity contribution < 1.29 is 9.53 Å². The lowest BCUT2D eigenvalue weighted by Gasteiger charge is -2.06. The van der Waals surface area contributed by atoms with Crippen LogP contribution in [0.4, 0.5) is 4.79 Å². The molecular weight excluding hydrogens is 286 g/mol. The Balaban J connectivity index is 2.50. The molecule has 6 nitrogen and oxygen atoms in total. The maximum Gasteiger partial charge on any atom is 0.404 e. The molecule has 8 heteroatoms. The lowest BCUT2D eigenvalue weighted by atomic mass is 10.2. The smallest absolute Gasteiger partial charge is 0.404 e. The topological polar surface area (TPSA) is 90.1 Å². The maximum absolute atomic E-state index is 12.4. The average Bonchev–Trinajstić information content (AvgIpc) is 2.59. The van der Waals surface area contributed by atoms with Gasteiger partial charge in [-0.25, -0.2) is 4.79 Å². The number of nitrogens with two attached hydrogens (primary N) is 1. The molecule has 2 heterocycles. The SMILES string of the molecule is Cc1sc2[nH]c(=S)n(CCOC(N)=O)c(=O)c2c1C. The standard InChI is InChI=1S/C11H13N3O3S2/c1-5-6(2)19-8-7(5)9(15)14(11(18)13-8)3-4-17-10(12)16/h3-4H2,1-2H3,(H2,12,16)(H,13,18). The second-order valence-corrected chi connectivity index (χ2v) is 5.65. The monoisotopic (exact) mass is 299 g/mol. The number of carbonyl (C=O) groups excluding carboxylic acids is 1. The molecule has 0 aliphatic carbocycles. The van der Waals surface area contributed by atoms with Gasteiger partial charge < -0.3 is 15.5 Å². The van der Waals surface area contributed by atoms with Crippen LogP contribution in [0, 0.1) is 18.6 Å². The highest BCUT2D eigenvalue weighted by molar-refractivity contribution is 7.71. The van der Waals surface area contributed by atoms with Crippen molar-refractivity contribution in [1.82, 2.24) is 9.55 Å². The first kappa shape index (κ1) is 13.8. The molecule has 0 saturated carbocycles. The van der Waals surface area contributed by atoms with E-state index < -0.39 is 6.09 Å². The van der Waals surface area contributed by atoms with Crippen molar-refractivity contribution in [2.24, 2.45) is 5.73 Å². The van der Waals surface area contributed by atoms with Gasteiger partial charge in [0.1, 0.15) is 11.4 Å². The highest BCUT2D eigenvalue weighted by Gasteiger charge is 2.12. The molecule has 0 spiro atoms. The van der Waals surface area contributed by atoms with E-state index in [4.69, 9.17) is 18.0 Å². The predicted octanol–water partition coefficient (Wildman–Crippen LogP) is 1.83. The molecule has 0 aromatic carbocycles. The highest BCUT2D eigenvalue weighted by atomic mass is 32.1. The van der Waals surface area contributed by atoms with Gasteiger partial charge in [0.2, 0.25) is 0 Å². The summed E-state index contributed by atoms with van der Waals surface area (Å²) in [4.78, 5) is 27.8. The van der Waals surface area contributed by atoms with Crippen LogP contribution in [0.2, 0.25) is 0 Å². The third kappa shape index (κ3) is 2.54. The molecule has 2 aromatic rings. The van der Waals surface area contributed by atoms with Crippen molar-refractivity contribution in [2.45, 2.75) is 20.4 Å². The van der Waals surface area contributed by atoms with Gasteiger partial charge in [-0.05, 0) is 31.6 Å². The summed E-state index contributed by atoms with van der Waals surface area (Å²) in [5.41, 5.74) is 5.64. The van der Waals surface area contributed by atoms with Crippen LogP contribution in [0.3, 0.4) is 0 Å². The molecule has 19 heavy (non-hydrogen) atoms. The quantitative estimate of drug-likeness (QED) is 0.846. The second-order valence-electron chi connectivity index (χ2n) is 4.04. The summed E-state index contributed by atoms with van der Waals surface area (Å²) in [6.07, 6.45) is -0.869. The molecule has 102 valence electrons. The van der Waals surface area contributed by atoms with E-state index in [2.05, 4.69) is 9.72 Å². The fraction of sp³-hybridized carbons (Fsp3) is 0.364. The van der Waals surface area contributed by atoms with Gasteiger partial charge in [-0.3, -0.25) is 9.36 Å². The summed E-state index contributed by atoms with van der Waals surface area (Å²) >= 11 is 6.64. The third-order valence-corrected chi connectivity index (χ3v) is 4.31. The van der Waals surface area contributed by atoms with Crippen LogP contribution in [-0.2, 0) is 11.3 Å². The number of hydrogen-bond donors (Lipinski definition) is 2. The summed E-state index contributed by atoms with van der Waals surface area (Å²) < 4.78 is 6.31. The number of amides is 1. The number of ether oxygens (including phenoxy) is 1. The van der Waals surface area contributed by atoms with E-state index in [1.54, 1.807) is 0 Å². The van der Waals surface area contributed by atoms with Crippen molar-refractivity contribution in [3.8, 4) is 0 Å². The van der Waals surface area contributed by atoms with E-state index in [-0.39, 0.29) is 18.7 Å². The number of nitrogens with zero attached hydrogens (tertiary/aromatic N) is 1. The van der Waals surface area contributed by atoms with Crippen LogP contribution in [0.5, 0.6) is 0 Å². The highest BCUT2D eigenvalue weighted by Crippen LogP contribution is 2.25. The molecule has 1 amide bonds. The summed E-state index contributed by atoms with van der Waals surface area (Å²) in [6.45, 7) is 4.05. The Morgan fingerprint density at radius 1 is 1.53 bits per heavy atom. The summed E-state index contributed by atoms with van der Waals surface area (Å²) in [7, 11) is 0. The molecule has 0 aliphatic heterocycles. The first-order valence-electron chi connectivity index (χ1n) is 5.57. The Labute approximate surface area is 117 Å². The van der Waals surface area contributed by atoms with Gasteiger partial charge in [-0.1, -0.05) is 0 Å². The van der Waals surface area contributed by atoms with Crippen LogP contribution in [-0.4, -0.2) is 22.3 Å². The van der Waals surface area contributed by atoms with Crippen LogP contribution in [0.25, 0.3) is 10.2 Å². The minimum absolute atomic E-state index is 0.0143. The van der Waals surface area contributed by atoms with E-state index in [0.29, 0.717) is 10.2 Å². The van der Waals surface area contributed by atoms with Crippen LogP contribution >= 0.6 is 23.6 Å². The zero-order valence-corrected chi connectivity index (χ0v) is 12.1. The summed E-state index contributed by atoms with van der Waals surface area (Å²) in [5, 5.41) is 0.634. The molecule has 3 N–H and O–H groups in total. The third-order valence-electron chi connectivity index (χ3n) is 2.87. The number of rotatable bonds is 3. The Morgan fingerprint density at radius 2 is 2.21 bits per heavy atom. The Morgan fingerprint density at radius 3 is 2.84 bits per heavy atom. The molecular formula is C11H13N3O3S2. The van der Waals surface area contributed by atoms with Gasteiger partial charge in [0.25, 0.3) is 5.56 Å². The maximum atomic E-state index is 12.4. The number of H-pyrrole nitrogens is 1. The van der Waals surface area contributed by atoms with Crippen molar-refractivity contribution >= 4 is 39.9 Å². The number of carbonyl (C=O) groups is 1. The van der Waals surface area contributed by atoms with Gasteiger partial charge in [-0.2, -0.15) is 0 Å². The number of thiophene rings is 1. The van der Waals surface area contributed by atoms with E-state index in [1.807, 2.05) is 13.8 Å². The number of aromatic nitrogens is 2. The minimum atomic E-state index is -0.869. The van der Waals surface area contributed by atoms with E-state index in [9.17, 15) is 9.59 Å². The van der Waals surface area contributed by atoms with E-state index >= 15 is 0 Å². The zero-order chi connectivity index (χ0) is 14.2. The summed E-state index contributed by atoms with van der Waals surface area (Å²) in [6, 6.07) is 0. The average molecular weight is 299 g/mol. The van der Waals surface area contributed by atoms with Gasteiger partial charge in [0.05, 0.1) is 11.9 Å².